The molecule has 0 aromatic heterocycles. The molecular formula is C26H20ClIN2O3. The molecule has 33 heavy (non-hydrogen) atoms. The van der Waals surface area contributed by atoms with Crippen molar-refractivity contribution in [3.8, 4) is 11.5 Å². The predicted molar refractivity (Wildman–Crippen MR) is 141 cm³/mol. The molecule has 0 aliphatic heterocycles. The molecule has 0 bridgehead atoms. The second kappa shape index (κ2) is 10.7. The molecule has 0 unspecified atom stereocenters. The van der Waals surface area contributed by atoms with Crippen LogP contribution in [-0.4, -0.2) is 19.2 Å². The minimum Gasteiger partial charge on any atom is -0.493 e. The zero-order valence-electron chi connectivity index (χ0n) is 17.7. The normalized spacial score (nSPS) is 11.0. The van der Waals surface area contributed by atoms with E-state index in [1.807, 2.05) is 30.3 Å². The lowest BCUT2D eigenvalue weighted by Crippen LogP contribution is -2.17. The molecule has 4 rings (SSSR count). The fraction of sp³-hybridized carbons (Fsp3) is 0.0769. The number of hydrazone groups is 1. The zero-order valence-corrected chi connectivity index (χ0v) is 20.6. The Morgan fingerprint density at radius 3 is 2.61 bits per heavy atom. The third-order valence-corrected chi connectivity index (χ3v) is 6.04. The van der Waals surface area contributed by atoms with Gasteiger partial charge >= 0.3 is 0 Å². The Labute approximate surface area is 210 Å². The number of nitrogens with zero attached hydrogens (tertiary/aromatic N) is 1. The molecule has 0 radical (unpaired) electrons. The summed E-state index contributed by atoms with van der Waals surface area (Å²) in [4.78, 5) is 12.2. The Hall–Kier alpha value is -3.10. The van der Waals surface area contributed by atoms with Gasteiger partial charge in [-0.2, -0.15) is 5.10 Å². The van der Waals surface area contributed by atoms with E-state index in [0.29, 0.717) is 28.7 Å². The van der Waals surface area contributed by atoms with Crippen LogP contribution >= 0.6 is 34.2 Å². The van der Waals surface area contributed by atoms with Gasteiger partial charge in [0, 0.05) is 10.6 Å². The molecule has 166 valence electrons. The summed E-state index contributed by atoms with van der Waals surface area (Å²) in [5, 5.41) is 6.96. The standard InChI is InChI=1S/C26H20ClIN2O3/c1-32-24-14-17(15-29-30-26(31)19-9-11-21(27)12-10-19)13-23(28)25(24)33-16-20-7-4-6-18-5-2-3-8-22(18)20/h2-15H,16H2,1H3,(H,30,31)/b29-15-. The number of carbonyl (C=O) groups excluding carboxylic acids is 1. The monoisotopic (exact) mass is 570 g/mol. The maximum atomic E-state index is 12.2. The number of nitrogens with one attached hydrogen (secondary N) is 1. The Bertz CT molecular complexity index is 1320. The molecule has 1 amide bonds. The molecule has 4 aromatic rings. The van der Waals surface area contributed by atoms with E-state index < -0.39 is 0 Å². The van der Waals surface area contributed by atoms with Gasteiger partial charge in [-0.15, -0.1) is 0 Å². The highest BCUT2D eigenvalue weighted by atomic mass is 127. The van der Waals surface area contributed by atoms with Gasteiger partial charge < -0.3 is 9.47 Å². The summed E-state index contributed by atoms with van der Waals surface area (Å²) in [6.07, 6.45) is 1.56. The van der Waals surface area contributed by atoms with Crippen LogP contribution in [0.4, 0.5) is 0 Å². The Morgan fingerprint density at radius 1 is 1.06 bits per heavy atom. The van der Waals surface area contributed by atoms with Crippen molar-refractivity contribution in [1.82, 2.24) is 5.43 Å². The van der Waals surface area contributed by atoms with Crippen molar-refractivity contribution in [3.63, 3.8) is 0 Å². The van der Waals surface area contributed by atoms with Gasteiger partial charge in [0.2, 0.25) is 0 Å². The topological polar surface area (TPSA) is 59.9 Å². The van der Waals surface area contributed by atoms with Crippen LogP contribution in [0.3, 0.4) is 0 Å². The number of halogens is 2. The Morgan fingerprint density at radius 2 is 1.82 bits per heavy atom. The molecular weight excluding hydrogens is 551 g/mol. The minimum absolute atomic E-state index is 0.320. The third kappa shape index (κ3) is 5.64. The summed E-state index contributed by atoms with van der Waals surface area (Å²) >= 11 is 8.06. The van der Waals surface area contributed by atoms with Crippen LogP contribution in [-0.2, 0) is 6.61 Å². The first-order valence-electron chi connectivity index (χ1n) is 10.1. The van der Waals surface area contributed by atoms with Gasteiger partial charge in [0.25, 0.3) is 5.91 Å². The van der Waals surface area contributed by atoms with E-state index in [9.17, 15) is 4.79 Å². The number of benzene rings is 4. The van der Waals surface area contributed by atoms with Crippen LogP contribution in [0.2, 0.25) is 5.02 Å². The van der Waals surface area contributed by atoms with Crippen molar-refractivity contribution in [2.75, 3.05) is 7.11 Å². The van der Waals surface area contributed by atoms with Crippen LogP contribution in [0.5, 0.6) is 11.5 Å². The first-order chi connectivity index (χ1) is 16.0. The van der Waals surface area contributed by atoms with Crippen molar-refractivity contribution < 1.29 is 14.3 Å². The molecule has 5 nitrogen and oxygen atoms in total. The van der Waals surface area contributed by atoms with Crippen molar-refractivity contribution in [2.24, 2.45) is 5.10 Å². The van der Waals surface area contributed by atoms with E-state index in [0.717, 1.165) is 20.1 Å². The number of hydrogen-bond donors (Lipinski definition) is 1. The maximum absolute atomic E-state index is 12.2. The van der Waals surface area contributed by atoms with E-state index in [1.165, 1.54) is 5.39 Å². The van der Waals surface area contributed by atoms with Crippen molar-refractivity contribution in [1.29, 1.82) is 0 Å². The number of rotatable bonds is 7. The lowest BCUT2D eigenvalue weighted by Gasteiger charge is -2.14. The number of hydrogen-bond acceptors (Lipinski definition) is 4. The van der Waals surface area contributed by atoms with Crippen LogP contribution in [0.15, 0.2) is 84.0 Å². The van der Waals surface area contributed by atoms with Crippen LogP contribution < -0.4 is 14.9 Å². The van der Waals surface area contributed by atoms with E-state index in [2.05, 4.69) is 57.4 Å². The van der Waals surface area contributed by atoms with Crippen LogP contribution in [0.1, 0.15) is 21.5 Å². The van der Waals surface area contributed by atoms with Gasteiger partial charge in [0.15, 0.2) is 11.5 Å². The predicted octanol–water partition coefficient (Wildman–Crippen LogP) is 6.45. The van der Waals surface area contributed by atoms with Crippen molar-refractivity contribution in [3.05, 3.63) is 104 Å². The SMILES string of the molecule is COc1cc(/C=N\NC(=O)c2ccc(Cl)cc2)cc(I)c1OCc1cccc2ccccc12. The molecule has 0 aliphatic carbocycles. The fourth-order valence-corrected chi connectivity index (χ4v) is 4.26. The lowest BCUT2D eigenvalue weighted by molar-refractivity contribution is 0.0955. The van der Waals surface area contributed by atoms with Gasteiger partial charge in [-0.3, -0.25) is 4.79 Å². The summed E-state index contributed by atoms with van der Waals surface area (Å²) in [6, 6.07) is 24.7. The first-order valence-corrected chi connectivity index (χ1v) is 11.6. The van der Waals surface area contributed by atoms with Gasteiger partial charge in [-0.05, 0) is 80.9 Å². The molecule has 0 fully saturated rings. The summed E-state index contributed by atoms with van der Waals surface area (Å²) in [5.74, 6) is 0.931. The Balaban J connectivity index is 1.47. The largest absolute Gasteiger partial charge is 0.493 e. The first kappa shape index (κ1) is 23.1. The molecule has 7 heteroatoms. The van der Waals surface area contributed by atoms with Crippen molar-refractivity contribution >= 4 is 57.1 Å². The summed E-state index contributed by atoms with van der Waals surface area (Å²) in [7, 11) is 1.60. The second-order valence-electron chi connectivity index (χ2n) is 7.17. The van der Waals surface area contributed by atoms with Crippen LogP contribution in [0.25, 0.3) is 10.8 Å². The highest BCUT2D eigenvalue weighted by Gasteiger charge is 2.12. The summed E-state index contributed by atoms with van der Waals surface area (Å²) in [5.41, 5.74) is 4.86. The van der Waals surface area contributed by atoms with Gasteiger partial charge in [-0.1, -0.05) is 54.1 Å². The van der Waals surface area contributed by atoms with Gasteiger partial charge in [-0.25, -0.2) is 5.43 Å². The fourth-order valence-electron chi connectivity index (χ4n) is 3.35. The zero-order chi connectivity index (χ0) is 23.2. The molecule has 0 spiro atoms. The van der Waals surface area contributed by atoms with E-state index in [1.54, 1.807) is 37.6 Å². The molecule has 0 aliphatic rings. The molecule has 0 saturated heterocycles. The van der Waals surface area contributed by atoms with Gasteiger partial charge in [0.1, 0.15) is 6.61 Å². The number of methoxy groups -OCH3 is 1. The molecule has 1 N–H and O–H groups in total. The smallest absolute Gasteiger partial charge is 0.271 e. The third-order valence-electron chi connectivity index (χ3n) is 4.99. The molecule has 0 heterocycles. The lowest BCUT2D eigenvalue weighted by atomic mass is 10.1. The highest BCUT2D eigenvalue weighted by Crippen LogP contribution is 2.34. The molecule has 4 aromatic carbocycles. The maximum Gasteiger partial charge on any atom is 0.271 e. The Kier molecular flexibility index (Phi) is 7.47. The number of carbonyl (C=O) groups is 1. The van der Waals surface area contributed by atoms with E-state index >= 15 is 0 Å². The quantitative estimate of drug-likeness (QED) is 0.158. The molecule has 0 atom stereocenters. The molecule has 0 saturated carbocycles. The summed E-state index contributed by atoms with van der Waals surface area (Å²) in [6.45, 7) is 0.415. The second-order valence-corrected chi connectivity index (χ2v) is 8.77. The average Bonchev–Trinajstić information content (AvgIpc) is 2.83. The van der Waals surface area contributed by atoms with E-state index in [-0.39, 0.29) is 5.91 Å². The average molecular weight is 571 g/mol. The minimum atomic E-state index is -0.320. The number of amides is 1. The number of fused-ring (bicyclic) bond motifs is 1. The highest BCUT2D eigenvalue weighted by molar-refractivity contribution is 14.1. The van der Waals surface area contributed by atoms with E-state index in [4.69, 9.17) is 21.1 Å². The van der Waals surface area contributed by atoms with Gasteiger partial charge in [0.05, 0.1) is 16.9 Å². The summed E-state index contributed by atoms with van der Waals surface area (Å²) < 4.78 is 12.6. The number of ether oxygens (including phenoxy) is 2. The van der Waals surface area contributed by atoms with Crippen LogP contribution in [0, 0.1) is 3.57 Å². The van der Waals surface area contributed by atoms with Crippen molar-refractivity contribution in [2.45, 2.75) is 6.61 Å².